The van der Waals surface area contributed by atoms with Gasteiger partial charge in [0, 0.05) is 29.8 Å². The molecule has 2 aromatic carbocycles. The van der Waals surface area contributed by atoms with E-state index >= 15 is 0 Å². The Bertz CT molecular complexity index is 942. The van der Waals surface area contributed by atoms with E-state index in [1.807, 2.05) is 25.1 Å². The van der Waals surface area contributed by atoms with E-state index in [0.717, 1.165) is 16.9 Å². The molecule has 0 fully saturated rings. The van der Waals surface area contributed by atoms with E-state index in [9.17, 15) is 10.1 Å². The van der Waals surface area contributed by atoms with Crippen molar-refractivity contribution in [3.8, 4) is 11.5 Å². The average molecular weight is 417 g/mol. The second-order valence-corrected chi connectivity index (χ2v) is 6.63. The number of hydrogen-bond donors (Lipinski definition) is 1. The molecule has 0 saturated heterocycles. The Morgan fingerprint density at radius 2 is 1.86 bits per heavy atom. The van der Waals surface area contributed by atoms with Crippen LogP contribution in [0.2, 0.25) is 5.02 Å². The van der Waals surface area contributed by atoms with Gasteiger partial charge in [-0.25, -0.2) is 0 Å². The number of hydrogen-bond acceptors (Lipinski definition) is 6. The Kier molecular flexibility index (Phi) is 7.10. The van der Waals surface area contributed by atoms with Crippen LogP contribution in [0.25, 0.3) is 0 Å². The van der Waals surface area contributed by atoms with Gasteiger partial charge in [0.2, 0.25) is 0 Å². The fraction of sp³-hybridized carbons (Fsp3) is 0.238. The van der Waals surface area contributed by atoms with Crippen molar-refractivity contribution in [2.45, 2.75) is 26.6 Å². The summed E-state index contributed by atoms with van der Waals surface area (Å²) in [6, 6.07) is 13.5. The van der Waals surface area contributed by atoms with Crippen LogP contribution in [0.5, 0.6) is 11.5 Å². The zero-order chi connectivity index (χ0) is 20.6. The van der Waals surface area contributed by atoms with Crippen LogP contribution >= 0.6 is 11.6 Å². The zero-order valence-corrected chi connectivity index (χ0v) is 16.6. The largest absolute Gasteiger partial charge is 0.490 e. The first kappa shape index (κ1) is 20.7. The van der Waals surface area contributed by atoms with Crippen molar-refractivity contribution in [3.63, 3.8) is 0 Å². The fourth-order valence-corrected chi connectivity index (χ4v) is 2.92. The molecule has 3 aromatic rings. The van der Waals surface area contributed by atoms with Gasteiger partial charge in [-0.1, -0.05) is 11.6 Å². The lowest BCUT2D eigenvalue weighted by Crippen LogP contribution is -2.13. The number of benzene rings is 2. The molecule has 0 unspecified atom stereocenters. The molecule has 0 bridgehead atoms. The van der Waals surface area contributed by atoms with Crippen molar-refractivity contribution in [3.05, 3.63) is 86.8 Å². The molecular formula is C21H21ClN2O5. The van der Waals surface area contributed by atoms with Crippen molar-refractivity contribution in [2.24, 2.45) is 0 Å². The normalized spacial score (nSPS) is 10.7. The Balaban J connectivity index is 1.67. The number of nitrogens with one attached hydrogen (secondary N) is 1. The lowest BCUT2D eigenvalue weighted by molar-refractivity contribution is -0.384. The molecule has 0 amide bonds. The first-order valence-corrected chi connectivity index (χ1v) is 9.49. The molecule has 0 aliphatic carbocycles. The minimum atomic E-state index is -0.434. The van der Waals surface area contributed by atoms with E-state index in [4.69, 9.17) is 25.5 Å². The van der Waals surface area contributed by atoms with Crippen LogP contribution < -0.4 is 14.8 Å². The second-order valence-electron chi connectivity index (χ2n) is 6.22. The van der Waals surface area contributed by atoms with Crippen molar-refractivity contribution >= 4 is 17.3 Å². The predicted molar refractivity (Wildman–Crippen MR) is 109 cm³/mol. The molecule has 8 heteroatoms. The molecule has 0 aliphatic rings. The summed E-state index contributed by atoms with van der Waals surface area (Å²) in [6.07, 6.45) is 1.63. The Morgan fingerprint density at radius 1 is 1.10 bits per heavy atom. The number of halogens is 1. The molecule has 1 N–H and O–H groups in total. The highest BCUT2D eigenvalue weighted by Crippen LogP contribution is 2.34. The molecule has 0 radical (unpaired) electrons. The van der Waals surface area contributed by atoms with Crippen LogP contribution in [0.4, 0.5) is 5.69 Å². The SMILES string of the molecule is CCOc1cc(CNCc2ccco2)c(Cl)cc1OCc1ccc([N+](=O)[O-])cc1. The van der Waals surface area contributed by atoms with Crippen LogP contribution in [0.15, 0.2) is 59.2 Å². The van der Waals surface area contributed by atoms with Gasteiger partial charge in [-0.15, -0.1) is 0 Å². The minimum Gasteiger partial charge on any atom is -0.490 e. The van der Waals surface area contributed by atoms with Gasteiger partial charge < -0.3 is 19.2 Å². The summed E-state index contributed by atoms with van der Waals surface area (Å²) >= 11 is 6.43. The average Bonchev–Trinajstić information content (AvgIpc) is 3.23. The first-order valence-electron chi connectivity index (χ1n) is 9.11. The molecule has 3 rings (SSSR count). The Hall–Kier alpha value is -3.03. The second kappa shape index (κ2) is 9.95. The van der Waals surface area contributed by atoms with Gasteiger partial charge in [-0.2, -0.15) is 0 Å². The van der Waals surface area contributed by atoms with Crippen LogP contribution in [0.1, 0.15) is 23.8 Å². The monoisotopic (exact) mass is 416 g/mol. The molecule has 0 aliphatic heterocycles. The van der Waals surface area contributed by atoms with E-state index in [1.165, 1.54) is 12.1 Å². The number of rotatable bonds is 10. The number of nitrogens with zero attached hydrogens (tertiary/aromatic N) is 1. The molecule has 0 saturated carbocycles. The lowest BCUT2D eigenvalue weighted by Gasteiger charge is -2.15. The van der Waals surface area contributed by atoms with Gasteiger partial charge in [0.25, 0.3) is 5.69 Å². The fourth-order valence-electron chi connectivity index (χ4n) is 2.70. The zero-order valence-electron chi connectivity index (χ0n) is 15.9. The highest BCUT2D eigenvalue weighted by atomic mass is 35.5. The molecular weight excluding hydrogens is 396 g/mol. The van der Waals surface area contributed by atoms with Gasteiger partial charge in [-0.3, -0.25) is 10.1 Å². The quantitative estimate of drug-likeness (QED) is 0.365. The number of nitro benzene ring substituents is 1. The van der Waals surface area contributed by atoms with E-state index in [0.29, 0.717) is 36.2 Å². The molecule has 29 heavy (non-hydrogen) atoms. The van der Waals surface area contributed by atoms with E-state index in [1.54, 1.807) is 24.5 Å². The van der Waals surface area contributed by atoms with E-state index < -0.39 is 4.92 Å². The lowest BCUT2D eigenvalue weighted by atomic mass is 10.2. The van der Waals surface area contributed by atoms with E-state index in [2.05, 4.69) is 5.32 Å². The third kappa shape index (κ3) is 5.73. The predicted octanol–water partition coefficient (Wildman–Crippen LogP) is 5.11. The van der Waals surface area contributed by atoms with Crippen LogP contribution in [0, 0.1) is 10.1 Å². The number of furan rings is 1. The summed E-state index contributed by atoms with van der Waals surface area (Å²) in [5.74, 6) is 1.95. The van der Waals surface area contributed by atoms with Crippen molar-refractivity contribution < 1.29 is 18.8 Å². The highest BCUT2D eigenvalue weighted by Gasteiger charge is 2.12. The van der Waals surface area contributed by atoms with Gasteiger partial charge in [-0.05, 0) is 48.4 Å². The standard InChI is InChI=1S/C21H21ClN2O5/c1-2-27-20-10-16(12-23-13-18-4-3-9-28-18)19(22)11-21(20)29-14-15-5-7-17(8-6-15)24(25)26/h3-11,23H,2,12-14H2,1H3. The van der Waals surface area contributed by atoms with Crippen LogP contribution in [-0.4, -0.2) is 11.5 Å². The molecule has 1 aromatic heterocycles. The number of non-ortho nitro benzene ring substituents is 1. The third-order valence-corrected chi connectivity index (χ3v) is 4.50. The maximum Gasteiger partial charge on any atom is 0.269 e. The number of nitro groups is 1. The summed E-state index contributed by atoms with van der Waals surface area (Å²) in [6.45, 7) is 3.75. The third-order valence-electron chi connectivity index (χ3n) is 4.15. The summed E-state index contributed by atoms with van der Waals surface area (Å²) in [5.41, 5.74) is 1.72. The smallest absolute Gasteiger partial charge is 0.269 e. The Morgan fingerprint density at radius 3 is 2.52 bits per heavy atom. The van der Waals surface area contributed by atoms with Gasteiger partial charge in [0.05, 0.1) is 24.3 Å². The van der Waals surface area contributed by atoms with Crippen LogP contribution in [0.3, 0.4) is 0 Å². The molecule has 7 nitrogen and oxygen atoms in total. The Labute approximate surface area is 173 Å². The van der Waals surface area contributed by atoms with Crippen LogP contribution in [-0.2, 0) is 19.7 Å². The van der Waals surface area contributed by atoms with Crippen molar-refractivity contribution in [1.82, 2.24) is 5.32 Å². The van der Waals surface area contributed by atoms with Crippen molar-refractivity contribution in [2.75, 3.05) is 6.61 Å². The minimum absolute atomic E-state index is 0.0400. The van der Waals surface area contributed by atoms with Crippen molar-refractivity contribution in [1.29, 1.82) is 0 Å². The van der Waals surface area contributed by atoms with Gasteiger partial charge in [0.1, 0.15) is 12.4 Å². The summed E-state index contributed by atoms with van der Waals surface area (Å²) in [4.78, 5) is 10.3. The maximum atomic E-state index is 10.8. The topological polar surface area (TPSA) is 86.8 Å². The molecule has 0 atom stereocenters. The highest BCUT2D eigenvalue weighted by molar-refractivity contribution is 6.31. The number of ether oxygens (including phenoxy) is 2. The van der Waals surface area contributed by atoms with Gasteiger partial charge >= 0.3 is 0 Å². The molecule has 152 valence electrons. The summed E-state index contributed by atoms with van der Waals surface area (Å²) in [7, 11) is 0. The van der Waals surface area contributed by atoms with Gasteiger partial charge in [0.15, 0.2) is 11.5 Å². The van der Waals surface area contributed by atoms with E-state index in [-0.39, 0.29) is 12.3 Å². The summed E-state index contributed by atoms with van der Waals surface area (Å²) in [5, 5.41) is 14.6. The summed E-state index contributed by atoms with van der Waals surface area (Å²) < 4.78 is 16.9. The molecule has 0 spiro atoms. The maximum absolute atomic E-state index is 10.8. The first-order chi connectivity index (χ1) is 14.1. The molecule has 1 heterocycles.